The number of anilines is 2. The van der Waals surface area contributed by atoms with Gasteiger partial charge in [-0.15, -0.1) is 21.5 Å². The van der Waals surface area contributed by atoms with E-state index in [1.807, 2.05) is 13.0 Å². The number of aromatic hydroxyl groups is 1. The summed E-state index contributed by atoms with van der Waals surface area (Å²) in [6.07, 6.45) is 5.71. The number of nitrogens with one attached hydrogen (secondary N) is 1. The third-order valence-corrected chi connectivity index (χ3v) is 14.0. The predicted octanol–water partition coefficient (Wildman–Crippen LogP) is 8.64. The standard InChI is InChI=1S/C38H47N9OS.C7H4ClNO.H2/c1-21-23(3)49-35-31(21)32(41-22(2)33-44-43-24(4)47(33)35)27-9-11-28(12-10-27)45-16-25(17-45)13-26-18-46(19-26)30-15-39-29(14-40-30)34(48)42-36-37(5,6)20-38(36,7)8;8-7-3-6(10)2-1-5(7)4-9;/h9-12,14-15,22,25-26,36H,13,16-20H2,1-8H3,(H,42,48);1-3,10H;1H. The van der Waals surface area contributed by atoms with E-state index in [2.05, 4.69) is 113 Å². The zero-order chi connectivity index (χ0) is 42.0. The summed E-state index contributed by atoms with van der Waals surface area (Å²) in [6.45, 7) is 21.5. The van der Waals surface area contributed by atoms with Crippen molar-refractivity contribution < 1.29 is 11.3 Å². The number of nitrogens with zero attached hydrogens (tertiary/aromatic N) is 9. The molecule has 2 aromatic carbocycles. The van der Waals surface area contributed by atoms with E-state index in [0.717, 1.165) is 61.3 Å². The number of hydrogen-bond acceptors (Lipinski definition) is 11. The Hall–Kier alpha value is -5.32. The van der Waals surface area contributed by atoms with Crippen molar-refractivity contribution in [2.24, 2.45) is 27.7 Å². The SMILES string of the molecule is Cc1sc2c(c1C)C(c1ccc(N3CC(CC4CN(c5cnc(C(=O)NC6C(C)(C)CC6(C)C)cn5)C4)C3)cc1)=NC(C)c1nnc(C)n1-2.N#Cc1ccc(O)cc1Cl.[HH]. The number of nitriles is 1. The number of fused-ring (bicyclic) bond motifs is 3. The van der Waals surface area contributed by atoms with Crippen LogP contribution in [0.3, 0.4) is 0 Å². The maximum Gasteiger partial charge on any atom is 0.271 e. The van der Waals surface area contributed by atoms with Gasteiger partial charge in [-0.05, 0) is 99.1 Å². The van der Waals surface area contributed by atoms with E-state index >= 15 is 0 Å². The van der Waals surface area contributed by atoms with Crippen LogP contribution in [0.2, 0.25) is 5.02 Å². The molecule has 0 spiro atoms. The van der Waals surface area contributed by atoms with Gasteiger partial charge in [-0.1, -0.05) is 51.4 Å². The Balaban J connectivity index is 0.000000436. The van der Waals surface area contributed by atoms with Gasteiger partial charge in [0, 0.05) is 55.3 Å². The summed E-state index contributed by atoms with van der Waals surface area (Å²) in [6, 6.07) is 15.1. The molecule has 0 radical (unpaired) electrons. The Morgan fingerprint density at radius 2 is 1.66 bits per heavy atom. The van der Waals surface area contributed by atoms with Crippen molar-refractivity contribution >= 4 is 46.1 Å². The minimum Gasteiger partial charge on any atom is -0.508 e. The second kappa shape index (κ2) is 15.4. The molecular weight excluding hydrogens is 780 g/mol. The number of aromatic nitrogens is 5. The lowest BCUT2D eigenvalue weighted by Gasteiger charge is -2.57. The average Bonchev–Trinajstić information content (AvgIpc) is 3.65. The third-order valence-electron chi connectivity index (χ3n) is 12.5. The van der Waals surface area contributed by atoms with Gasteiger partial charge in [0.05, 0.1) is 28.7 Å². The summed E-state index contributed by atoms with van der Waals surface area (Å²) in [4.78, 5) is 33.2. The van der Waals surface area contributed by atoms with Gasteiger partial charge in [-0.3, -0.25) is 14.4 Å². The first kappa shape index (κ1) is 40.5. The zero-order valence-corrected chi connectivity index (χ0v) is 36.5. The van der Waals surface area contributed by atoms with E-state index in [-0.39, 0.29) is 41.0 Å². The quantitative estimate of drug-likeness (QED) is 0.164. The number of thiophene rings is 1. The van der Waals surface area contributed by atoms with E-state index in [4.69, 9.17) is 27.0 Å². The Morgan fingerprint density at radius 1 is 0.983 bits per heavy atom. The number of benzene rings is 2. The highest BCUT2D eigenvalue weighted by Gasteiger charge is 2.53. The molecule has 9 rings (SSSR count). The summed E-state index contributed by atoms with van der Waals surface area (Å²) in [7, 11) is 0. The van der Waals surface area contributed by atoms with Crippen molar-refractivity contribution in [3.63, 3.8) is 0 Å². The number of aryl methyl sites for hydroxylation is 2. The van der Waals surface area contributed by atoms with Crippen LogP contribution in [0.5, 0.6) is 5.75 Å². The van der Waals surface area contributed by atoms with Crippen LogP contribution in [-0.4, -0.2) is 73.7 Å². The van der Waals surface area contributed by atoms with E-state index < -0.39 is 0 Å². The molecule has 308 valence electrons. The lowest BCUT2D eigenvalue weighted by Crippen LogP contribution is -2.63. The van der Waals surface area contributed by atoms with Crippen LogP contribution in [0.1, 0.15) is 104 Å². The van der Waals surface area contributed by atoms with Crippen molar-refractivity contribution in [1.82, 2.24) is 30.0 Å². The topological polar surface area (TPSA) is 148 Å². The second-order valence-corrected chi connectivity index (χ2v) is 19.6. The number of carbonyl (C=O) groups is 1. The molecule has 5 aromatic rings. The molecule has 12 nitrogen and oxygen atoms in total. The number of phenols is 1. The molecule has 4 aliphatic rings. The highest BCUT2D eigenvalue weighted by Crippen LogP contribution is 2.53. The molecule has 3 aromatic heterocycles. The highest BCUT2D eigenvalue weighted by molar-refractivity contribution is 7.15. The number of carbonyl (C=O) groups excluding carboxylic acids is 1. The van der Waals surface area contributed by atoms with Gasteiger partial charge in [0.15, 0.2) is 5.82 Å². The lowest BCUT2D eigenvalue weighted by molar-refractivity contribution is -0.0367. The molecule has 3 aliphatic heterocycles. The van der Waals surface area contributed by atoms with Crippen molar-refractivity contribution in [2.75, 3.05) is 36.0 Å². The van der Waals surface area contributed by atoms with Crippen molar-refractivity contribution in [1.29, 1.82) is 5.26 Å². The normalized spacial score (nSPS) is 19.4. The largest absolute Gasteiger partial charge is 0.508 e. The summed E-state index contributed by atoms with van der Waals surface area (Å²) in [5, 5.41) is 30.8. The smallest absolute Gasteiger partial charge is 0.271 e. The molecule has 1 unspecified atom stereocenters. The van der Waals surface area contributed by atoms with Gasteiger partial charge < -0.3 is 20.2 Å². The molecular formula is C45H53ClN10O2S. The molecule has 0 bridgehead atoms. The maximum absolute atomic E-state index is 12.9. The maximum atomic E-state index is 12.9. The van der Waals surface area contributed by atoms with E-state index in [1.54, 1.807) is 23.7 Å². The monoisotopic (exact) mass is 832 g/mol. The molecule has 1 amide bonds. The van der Waals surface area contributed by atoms with Crippen molar-refractivity contribution in [3.05, 3.63) is 104 Å². The Bertz CT molecular complexity index is 2460. The number of halogens is 1. The van der Waals surface area contributed by atoms with Gasteiger partial charge in [0.1, 0.15) is 40.2 Å². The molecule has 1 saturated carbocycles. The van der Waals surface area contributed by atoms with Gasteiger partial charge >= 0.3 is 0 Å². The van der Waals surface area contributed by atoms with Crippen molar-refractivity contribution in [2.45, 2.75) is 80.3 Å². The fourth-order valence-corrected chi connectivity index (χ4v) is 11.1. The number of phenolic OH excluding ortho intramolecular Hbond substituents is 1. The molecule has 2 saturated heterocycles. The van der Waals surface area contributed by atoms with Crippen LogP contribution in [0.25, 0.3) is 5.00 Å². The molecule has 2 N–H and O–H groups in total. The zero-order valence-electron chi connectivity index (χ0n) is 34.9. The first-order valence-corrected chi connectivity index (χ1v) is 21.4. The molecule has 14 heteroatoms. The fourth-order valence-electron chi connectivity index (χ4n) is 9.71. The molecule has 3 fully saturated rings. The Morgan fingerprint density at radius 3 is 2.27 bits per heavy atom. The number of amides is 1. The fraction of sp³-hybridized carbons (Fsp3) is 0.444. The summed E-state index contributed by atoms with van der Waals surface area (Å²) in [5.74, 6) is 3.97. The van der Waals surface area contributed by atoms with Crippen LogP contribution in [0, 0.1) is 54.8 Å². The first-order valence-electron chi connectivity index (χ1n) is 20.2. The first-order chi connectivity index (χ1) is 28.0. The van der Waals surface area contributed by atoms with Crippen LogP contribution in [-0.2, 0) is 0 Å². The highest BCUT2D eigenvalue weighted by atomic mass is 35.5. The molecule has 1 atom stereocenters. The minimum atomic E-state index is -0.133. The summed E-state index contributed by atoms with van der Waals surface area (Å²) >= 11 is 7.35. The number of aliphatic imine (C=N–C) groups is 1. The van der Waals surface area contributed by atoms with Gasteiger partial charge in [-0.25, -0.2) is 9.97 Å². The Kier molecular flexibility index (Phi) is 10.5. The van der Waals surface area contributed by atoms with E-state index in [1.165, 1.54) is 51.3 Å². The van der Waals surface area contributed by atoms with E-state index in [0.29, 0.717) is 23.1 Å². The molecule has 6 heterocycles. The summed E-state index contributed by atoms with van der Waals surface area (Å²) in [5.41, 5.74) is 6.90. The van der Waals surface area contributed by atoms with Gasteiger partial charge in [0.25, 0.3) is 5.91 Å². The van der Waals surface area contributed by atoms with Crippen molar-refractivity contribution in [3.8, 4) is 16.8 Å². The summed E-state index contributed by atoms with van der Waals surface area (Å²) < 4.78 is 2.19. The lowest BCUT2D eigenvalue weighted by atomic mass is 9.52. The number of rotatable bonds is 7. The van der Waals surface area contributed by atoms with Crippen LogP contribution in [0.15, 0.2) is 59.9 Å². The molecule has 59 heavy (non-hydrogen) atoms. The predicted molar refractivity (Wildman–Crippen MR) is 235 cm³/mol. The van der Waals surface area contributed by atoms with Crippen LogP contribution in [0.4, 0.5) is 11.5 Å². The van der Waals surface area contributed by atoms with Gasteiger partial charge in [-0.2, -0.15) is 5.26 Å². The Labute approximate surface area is 356 Å². The van der Waals surface area contributed by atoms with Crippen LogP contribution < -0.4 is 15.1 Å². The second-order valence-electron chi connectivity index (χ2n) is 18.0. The van der Waals surface area contributed by atoms with E-state index in [9.17, 15) is 4.79 Å². The van der Waals surface area contributed by atoms with Gasteiger partial charge in [0.2, 0.25) is 0 Å². The molecule has 1 aliphatic carbocycles. The minimum absolute atomic E-state index is 0. The average molecular weight is 834 g/mol. The van der Waals surface area contributed by atoms with Crippen LogP contribution >= 0.6 is 22.9 Å². The third kappa shape index (κ3) is 7.69. The number of hydrogen-bond donors (Lipinski definition) is 2.